The lowest BCUT2D eigenvalue weighted by molar-refractivity contribution is 0.587. The fourth-order valence-electron chi connectivity index (χ4n) is 2.85. The van der Waals surface area contributed by atoms with E-state index in [0.29, 0.717) is 29.0 Å². The molecule has 0 unspecified atom stereocenters. The summed E-state index contributed by atoms with van der Waals surface area (Å²) in [7, 11) is 0. The Bertz CT molecular complexity index is 1210. The molecular formula is C20H14N6O. The van der Waals surface area contributed by atoms with Gasteiger partial charge in [-0.25, -0.2) is 15.0 Å². The number of nitrogens with one attached hydrogen (secondary N) is 2. The number of rotatable bonds is 4. The Hall–Kier alpha value is -4.00. The smallest absolute Gasteiger partial charge is 0.226 e. The van der Waals surface area contributed by atoms with Gasteiger partial charge in [0.05, 0.1) is 12.4 Å². The number of anilines is 2. The van der Waals surface area contributed by atoms with Gasteiger partial charge in [-0.3, -0.25) is 4.98 Å². The summed E-state index contributed by atoms with van der Waals surface area (Å²) in [6.45, 7) is 0. The highest BCUT2D eigenvalue weighted by Crippen LogP contribution is 2.28. The third-order valence-electron chi connectivity index (χ3n) is 4.13. The molecule has 7 heteroatoms. The molecule has 0 saturated heterocycles. The molecule has 27 heavy (non-hydrogen) atoms. The molecule has 0 aliphatic rings. The first-order valence-electron chi connectivity index (χ1n) is 8.39. The number of benzene rings is 1. The number of aromatic amines is 1. The van der Waals surface area contributed by atoms with Crippen molar-refractivity contribution in [3.05, 3.63) is 73.4 Å². The molecule has 130 valence electrons. The van der Waals surface area contributed by atoms with Gasteiger partial charge in [0.15, 0.2) is 5.76 Å². The third-order valence-corrected chi connectivity index (χ3v) is 4.13. The van der Waals surface area contributed by atoms with Gasteiger partial charge < -0.3 is 14.7 Å². The Morgan fingerprint density at radius 2 is 1.93 bits per heavy atom. The van der Waals surface area contributed by atoms with Crippen LogP contribution in [-0.4, -0.2) is 24.9 Å². The minimum atomic E-state index is 0.558. The molecule has 5 aromatic rings. The van der Waals surface area contributed by atoms with Gasteiger partial charge >= 0.3 is 0 Å². The SMILES string of the molecule is c1cc(Nc2cnccn2)nc(-c2cnc(-c3ccc4[nH]ccc4c3)o2)c1. The molecule has 7 nitrogen and oxygen atoms in total. The Morgan fingerprint density at radius 3 is 2.85 bits per heavy atom. The average molecular weight is 354 g/mol. The number of fused-ring (bicyclic) bond motifs is 1. The number of pyridine rings is 1. The molecule has 0 spiro atoms. The zero-order valence-corrected chi connectivity index (χ0v) is 14.1. The van der Waals surface area contributed by atoms with Gasteiger partial charge in [0.25, 0.3) is 0 Å². The van der Waals surface area contributed by atoms with Crippen LogP contribution in [0.4, 0.5) is 11.6 Å². The fraction of sp³-hybridized carbons (Fsp3) is 0. The predicted molar refractivity (Wildman–Crippen MR) is 102 cm³/mol. The maximum absolute atomic E-state index is 5.95. The monoisotopic (exact) mass is 354 g/mol. The zero-order chi connectivity index (χ0) is 18.1. The molecule has 0 aliphatic carbocycles. The normalized spacial score (nSPS) is 11.0. The summed E-state index contributed by atoms with van der Waals surface area (Å²) < 4.78 is 5.95. The number of hydrogen-bond donors (Lipinski definition) is 2. The van der Waals surface area contributed by atoms with Crippen molar-refractivity contribution in [3.8, 4) is 22.9 Å². The van der Waals surface area contributed by atoms with E-state index in [0.717, 1.165) is 16.5 Å². The van der Waals surface area contributed by atoms with Gasteiger partial charge in [-0.1, -0.05) is 6.07 Å². The van der Waals surface area contributed by atoms with Crippen molar-refractivity contribution < 1.29 is 4.42 Å². The Morgan fingerprint density at radius 1 is 0.926 bits per heavy atom. The van der Waals surface area contributed by atoms with Crippen molar-refractivity contribution in [2.75, 3.05) is 5.32 Å². The number of aromatic nitrogens is 5. The maximum Gasteiger partial charge on any atom is 0.226 e. The second kappa shape index (κ2) is 6.38. The van der Waals surface area contributed by atoms with Gasteiger partial charge in [0, 0.05) is 35.1 Å². The standard InChI is InChI=1S/C20H14N6O/c1-2-16(25-18(3-1)26-19-12-21-8-9-23-19)17-11-24-20(27-17)14-4-5-15-13(10-14)6-7-22-15/h1-12,22H,(H,23,25,26). The highest BCUT2D eigenvalue weighted by Gasteiger charge is 2.11. The molecule has 0 aliphatic heterocycles. The highest BCUT2D eigenvalue weighted by atomic mass is 16.4. The van der Waals surface area contributed by atoms with Gasteiger partial charge in [-0.05, 0) is 36.4 Å². The molecule has 0 radical (unpaired) electrons. The lowest BCUT2D eigenvalue weighted by Crippen LogP contribution is -1.96. The molecule has 0 amide bonds. The van der Waals surface area contributed by atoms with E-state index >= 15 is 0 Å². The third kappa shape index (κ3) is 3.02. The number of hydrogen-bond acceptors (Lipinski definition) is 6. The highest BCUT2D eigenvalue weighted by molar-refractivity contribution is 5.83. The van der Waals surface area contributed by atoms with Crippen LogP contribution in [0, 0.1) is 0 Å². The average Bonchev–Trinajstić information content (AvgIpc) is 3.38. The van der Waals surface area contributed by atoms with E-state index in [-0.39, 0.29) is 0 Å². The van der Waals surface area contributed by atoms with Crippen LogP contribution in [0.15, 0.2) is 77.9 Å². The van der Waals surface area contributed by atoms with Crippen LogP contribution in [0.3, 0.4) is 0 Å². The molecular weight excluding hydrogens is 340 g/mol. The second-order valence-electron chi connectivity index (χ2n) is 5.93. The summed E-state index contributed by atoms with van der Waals surface area (Å²) in [6.07, 6.45) is 8.48. The van der Waals surface area contributed by atoms with Crippen molar-refractivity contribution in [1.82, 2.24) is 24.9 Å². The van der Waals surface area contributed by atoms with Crippen LogP contribution in [-0.2, 0) is 0 Å². The molecule has 0 fully saturated rings. The fourth-order valence-corrected chi connectivity index (χ4v) is 2.85. The van der Waals surface area contributed by atoms with E-state index in [1.807, 2.05) is 48.7 Å². The molecule has 5 rings (SSSR count). The summed E-state index contributed by atoms with van der Waals surface area (Å²) in [5, 5.41) is 4.23. The molecule has 2 N–H and O–H groups in total. The van der Waals surface area contributed by atoms with Crippen molar-refractivity contribution in [3.63, 3.8) is 0 Å². The first-order valence-corrected chi connectivity index (χ1v) is 8.39. The van der Waals surface area contributed by atoms with E-state index in [4.69, 9.17) is 4.42 Å². The molecule has 0 bridgehead atoms. The summed E-state index contributed by atoms with van der Waals surface area (Å²) in [6, 6.07) is 13.7. The maximum atomic E-state index is 5.95. The summed E-state index contributed by atoms with van der Waals surface area (Å²) in [5.74, 6) is 2.43. The van der Waals surface area contributed by atoms with Crippen molar-refractivity contribution in [1.29, 1.82) is 0 Å². The minimum absolute atomic E-state index is 0.558. The van der Waals surface area contributed by atoms with Crippen molar-refractivity contribution >= 4 is 22.5 Å². The van der Waals surface area contributed by atoms with Gasteiger partial charge in [-0.15, -0.1) is 0 Å². The lowest BCUT2D eigenvalue weighted by atomic mass is 10.1. The minimum Gasteiger partial charge on any atom is -0.434 e. The van der Waals surface area contributed by atoms with E-state index in [1.165, 1.54) is 0 Å². The number of H-pyrrole nitrogens is 1. The summed E-state index contributed by atoms with van der Waals surface area (Å²) >= 11 is 0. The van der Waals surface area contributed by atoms with Crippen LogP contribution in [0.5, 0.6) is 0 Å². The van der Waals surface area contributed by atoms with Crippen LogP contribution in [0.25, 0.3) is 33.8 Å². The van der Waals surface area contributed by atoms with Crippen LogP contribution < -0.4 is 5.32 Å². The molecule has 0 saturated carbocycles. The van der Waals surface area contributed by atoms with E-state index in [1.54, 1.807) is 24.8 Å². The molecule has 4 aromatic heterocycles. The second-order valence-corrected chi connectivity index (χ2v) is 5.93. The van der Waals surface area contributed by atoms with Gasteiger partial charge in [-0.2, -0.15) is 0 Å². The van der Waals surface area contributed by atoms with E-state index in [2.05, 4.69) is 30.2 Å². The van der Waals surface area contributed by atoms with Crippen molar-refractivity contribution in [2.45, 2.75) is 0 Å². The number of nitrogens with zero attached hydrogens (tertiary/aromatic N) is 4. The Labute approximate surface area is 154 Å². The number of oxazole rings is 1. The van der Waals surface area contributed by atoms with Crippen LogP contribution in [0.2, 0.25) is 0 Å². The Balaban J connectivity index is 1.44. The predicted octanol–water partition coefficient (Wildman–Crippen LogP) is 4.42. The van der Waals surface area contributed by atoms with Gasteiger partial charge in [0.1, 0.15) is 17.3 Å². The largest absolute Gasteiger partial charge is 0.434 e. The van der Waals surface area contributed by atoms with Crippen LogP contribution in [0.1, 0.15) is 0 Å². The van der Waals surface area contributed by atoms with E-state index < -0.39 is 0 Å². The lowest BCUT2D eigenvalue weighted by Gasteiger charge is -2.04. The first-order chi connectivity index (χ1) is 13.3. The molecule has 1 aromatic carbocycles. The molecule has 0 atom stereocenters. The topological polar surface area (TPSA) is 92.5 Å². The summed E-state index contributed by atoms with van der Waals surface area (Å²) in [4.78, 5) is 20.4. The van der Waals surface area contributed by atoms with E-state index in [9.17, 15) is 0 Å². The summed E-state index contributed by atoms with van der Waals surface area (Å²) in [5.41, 5.74) is 2.68. The molecule has 4 heterocycles. The van der Waals surface area contributed by atoms with Gasteiger partial charge in [0.2, 0.25) is 5.89 Å². The van der Waals surface area contributed by atoms with Crippen molar-refractivity contribution in [2.24, 2.45) is 0 Å². The van der Waals surface area contributed by atoms with Crippen LogP contribution >= 0.6 is 0 Å². The zero-order valence-electron chi connectivity index (χ0n) is 14.1. The Kier molecular flexibility index (Phi) is 3.61. The quantitative estimate of drug-likeness (QED) is 0.496. The first kappa shape index (κ1) is 15.3.